The van der Waals surface area contributed by atoms with Gasteiger partial charge in [0, 0.05) is 21.6 Å². The standard InChI is InChI=1S/C11H6BrN3OS/c12-8-5-7(6-13)1-2-9(8)17-11-14-4-3-10(16)15-11/h1-5H,(H,14,15,16). The molecule has 0 spiro atoms. The molecule has 0 unspecified atom stereocenters. The average Bonchev–Trinajstić information content (AvgIpc) is 2.32. The van der Waals surface area contributed by atoms with Crippen LogP contribution in [0.1, 0.15) is 5.56 Å². The first kappa shape index (κ1) is 11.9. The Labute approximate surface area is 110 Å². The van der Waals surface area contributed by atoms with Gasteiger partial charge >= 0.3 is 0 Å². The molecule has 0 atom stereocenters. The van der Waals surface area contributed by atoms with Gasteiger partial charge in [0.25, 0.3) is 5.56 Å². The number of aromatic nitrogens is 2. The van der Waals surface area contributed by atoms with Crippen molar-refractivity contribution < 1.29 is 0 Å². The number of H-pyrrole nitrogens is 1. The first-order valence-electron chi connectivity index (χ1n) is 4.62. The van der Waals surface area contributed by atoms with Crippen molar-refractivity contribution >= 4 is 27.7 Å². The monoisotopic (exact) mass is 307 g/mol. The van der Waals surface area contributed by atoms with E-state index >= 15 is 0 Å². The van der Waals surface area contributed by atoms with Crippen molar-refractivity contribution in [3.63, 3.8) is 0 Å². The fraction of sp³-hybridized carbons (Fsp3) is 0. The molecule has 1 N–H and O–H groups in total. The Morgan fingerprint density at radius 2 is 2.24 bits per heavy atom. The fourth-order valence-electron chi connectivity index (χ4n) is 1.16. The molecule has 0 amide bonds. The molecule has 2 rings (SSSR count). The molecule has 0 fully saturated rings. The normalized spacial score (nSPS) is 9.88. The number of aromatic amines is 1. The summed E-state index contributed by atoms with van der Waals surface area (Å²) >= 11 is 4.70. The number of halogens is 1. The maximum atomic E-state index is 11.1. The van der Waals surface area contributed by atoms with Crippen LogP contribution in [0, 0.1) is 11.3 Å². The number of nitriles is 1. The van der Waals surface area contributed by atoms with Crippen molar-refractivity contribution in [2.75, 3.05) is 0 Å². The van der Waals surface area contributed by atoms with Crippen molar-refractivity contribution in [2.45, 2.75) is 10.1 Å². The van der Waals surface area contributed by atoms with E-state index in [4.69, 9.17) is 5.26 Å². The zero-order valence-electron chi connectivity index (χ0n) is 8.48. The molecule has 0 aliphatic heterocycles. The molecule has 0 radical (unpaired) electrons. The molecule has 0 saturated heterocycles. The van der Waals surface area contributed by atoms with Crippen LogP contribution in [-0.2, 0) is 0 Å². The van der Waals surface area contributed by atoms with Gasteiger partial charge in [0.2, 0.25) is 0 Å². The summed E-state index contributed by atoms with van der Waals surface area (Å²) in [6.45, 7) is 0. The topological polar surface area (TPSA) is 69.5 Å². The Morgan fingerprint density at radius 1 is 1.41 bits per heavy atom. The molecule has 4 nitrogen and oxygen atoms in total. The third-order valence-electron chi connectivity index (χ3n) is 1.92. The minimum atomic E-state index is -0.188. The summed E-state index contributed by atoms with van der Waals surface area (Å²) in [5, 5.41) is 9.26. The molecule has 0 aliphatic carbocycles. The number of rotatable bonds is 2. The van der Waals surface area contributed by atoms with Gasteiger partial charge in [-0.05, 0) is 34.1 Å². The smallest absolute Gasteiger partial charge is 0.251 e. The second-order valence-corrected chi connectivity index (χ2v) is 4.98. The number of hydrogen-bond donors (Lipinski definition) is 1. The fourth-order valence-corrected chi connectivity index (χ4v) is 2.55. The van der Waals surface area contributed by atoms with E-state index in [0.29, 0.717) is 10.7 Å². The van der Waals surface area contributed by atoms with E-state index in [1.54, 1.807) is 18.2 Å². The van der Waals surface area contributed by atoms with Crippen molar-refractivity contribution in [3.05, 3.63) is 50.9 Å². The van der Waals surface area contributed by atoms with Gasteiger partial charge in [-0.25, -0.2) is 4.98 Å². The Kier molecular flexibility index (Phi) is 3.61. The van der Waals surface area contributed by atoms with Crippen molar-refractivity contribution in [1.82, 2.24) is 9.97 Å². The van der Waals surface area contributed by atoms with Crippen molar-refractivity contribution in [1.29, 1.82) is 5.26 Å². The van der Waals surface area contributed by atoms with E-state index in [-0.39, 0.29) is 5.56 Å². The number of benzene rings is 1. The molecule has 0 aliphatic rings. The average molecular weight is 308 g/mol. The van der Waals surface area contributed by atoms with E-state index in [1.165, 1.54) is 24.0 Å². The third kappa shape index (κ3) is 2.96. The van der Waals surface area contributed by atoms with Gasteiger partial charge in [-0.2, -0.15) is 5.26 Å². The predicted octanol–water partition coefficient (Wildman–Crippen LogP) is 2.56. The Bertz CT molecular complexity index is 648. The largest absolute Gasteiger partial charge is 0.301 e. The SMILES string of the molecule is N#Cc1ccc(Sc2nccc(=O)[nH]2)c(Br)c1. The molecule has 1 aromatic carbocycles. The van der Waals surface area contributed by atoms with E-state index in [9.17, 15) is 4.79 Å². The summed E-state index contributed by atoms with van der Waals surface area (Å²) in [4.78, 5) is 18.7. The summed E-state index contributed by atoms with van der Waals surface area (Å²) in [6.07, 6.45) is 1.46. The number of nitrogens with one attached hydrogen (secondary N) is 1. The van der Waals surface area contributed by atoms with E-state index < -0.39 is 0 Å². The first-order chi connectivity index (χ1) is 8.19. The van der Waals surface area contributed by atoms with Gasteiger partial charge in [-0.1, -0.05) is 11.8 Å². The minimum absolute atomic E-state index is 0.188. The van der Waals surface area contributed by atoms with Crippen LogP contribution in [0.5, 0.6) is 0 Å². The van der Waals surface area contributed by atoms with Gasteiger partial charge < -0.3 is 4.98 Å². The van der Waals surface area contributed by atoms with E-state index in [0.717, 1.165) is 9.37 Å². The molecule has 0 saturated carbocycles. The highest BCUT2D eigenvalue weighted by molar-refractivity contribution is 9.10. The molecule has 84 valence electrons. The van der Waals surface area contributed by atoms with Crippen LogP contribution in [-0.4, -0.2) is 9.97 Å². The van der Waals surface area contributed by atoms with Crippen LogP contribution in [0.3, 0.4) is 0 Å². The molecule has 0 bridgehead atoms. The van der Waals surface area contributed by atoms with Gasteiger partial charge in [0.15, 0.2) is 5.16 Å². The van der Waals surface area contributed by atoms with Crippen molar-refractivity contribution in [3.8, 4) is 6.07 Å². The Hall–Kier alpha value is -1.58. The highest BCUT2D eigenvalue weighted by atomic mass is 79.9. The van der Waals surface area contributed by atoms with Crippen LogP contribution in [0.25, 0.3) is 0 Å². The highest BCUT2D eigenvalue weighted by Gasteiger charge is 2.05. The van der Waals surface area contributed by atoms with E-state index in [1.807, 2.05) is 0 Å². The van der Waals surface area contributed by atoms with Crippen molar-refractivity contribution in [2.24, 2.45) is 0 Å². The maximum absolute atomic E-state index is 11.1. The molecule has 2 aromatic rings. The van der Waals surface area contributed by atoms with Gasteiger partial charge in [0.05, 0.1) is 11.6 Å². The van der Waals surface area contributed by atoms with Crippen LogP contribution in [0.15, 0.2) is 49.8 Å². The first-order valence-corrected chi connectivity index (χ1v) is 6.23. The zero-order valence-corrected chi connectivity index (χ0v) is 10.9. The van der Waals surface area contributed by atoms with E-state index in [2.05, 4.69) is 32.0 Å². The quantitative estimate of drug-likeness (QED) is 0.866. The molecule has 1 heterocycles. The summed E-state index contributed by atoms with van der Waals surface area (Å²) in [5.74, 6) is 0. The second-order valence-electron chi connectivity index (χ2n) is 3.10. The second kappa shape index (κ2) is 5.17. The number of hydrogen-bond acceptors (Lipinski definition) is 4. The lowest BCUT2D eigenvalue weighted by molar-refractivity contribution is 0.936. The lowest BCUT2D eigenvalue weighted by atomic mass is 10.2. The van der Waals surface area contributed by atoms with Gasteiger partial charge in [-0.15, -0.1) is 0 Å². The van der Waals surface area contributed by atoms with Crippen LogP contribution in [0.4, 0.5) is 0 Å². The lowest BCUT2D eigenvalue weighted by Crippen LogP contribution is -2.04. The van der Waals surface area contributed by atoms with Crippen LogP contribution in [0.2, 0.25) is 0 Å². The Morgan fingerprint density at radius 3 is 2.88 bits per heavy atom. The van der Waals surface area contributed by atoms with Crippen LogP contribution >= 0.6 is 27.7 Å². The van der Waals surface area contributed by atoms with Crippen LogP contribution < -0.4 is 5.56 Å². The summed E-state index contributed by atoms with van der Waals surface area (Å²) < 4.78 is 0.799. The highest BCUT2D eigenvalue weighted by Crippen LogP contribution is 2.31. The minimum Gasteiger partial charge on any atom is -0.301 e. The molecule has 1 aromatic heterocycles. The summed E-state index contributed by atoms with van der Waals surface area (Å²) in [7, 11) is 0. The molecule has 6 heteroatoms. The van der Waals surface area contributed by atoms with Gasteiger partial charge in [-0.3, -0.25) is 4.79 Å². The predicted molar refractivity (Wildman–Crippen MR) is 67.8 cm³/mol. The molecular weight excluding hydrogens is 302 g/mol. The maximum Gasteiger partial charge on any atom is 0.251 e. The third-order valence-corrected chi connectivity index (χ3v) is 3.81. The molecular formula is C11H6BrN3OS. The zero-order chi connectivity index (χ0) is 12.3. The molecule has 17 heavy (non-hydrogen) atoms. The Balaban J connectivity index is 2.31. The summed E-state index contributed by atoms with van der Waals surface area (Å²) in [5.41, 5.74) is 0.392. The lowest BCUT2D eigenvalue weighted by Gasteiger charge is -2.03. The number of nitrogens with zero attached hydrogens (tertiary/aromatic N) is 2. The summed E-state index contributed by atoms with van der Waals surface area (Å²) in [6, 6.07) is 8.66. The van der Waals surface area contributed by atoms with Gasteiger partial charge in [0.1, 0.15) is 0 Å².